The van der Waals surface area contributed by atoms with E-state index >= 15 is 0 Å². The normalized spacial score (nSPS) is 9.60. The molecule has 0 saturated carbocycles. The van der Waals surface area contributed by atoms with Crippen LogP contribution < -0.4 is 5.32 Å². The van der Waals surface area contributed by atoms with Gasteiger partial charge in [0, 0.05) is 6.54 Å². The standard InChI is InChI=1S/C16H14N2O2/c1-20-16(19)14-9-5-8-13(10-17)15(14)18-11-12-6-3-2-4-7-12/h2-9,18H,11H2,1H3. The number of rotatable bonds is 4. The van der Waals surface area contributed by atoms with E-state index in [1.165, 1.54) is 7.11 Å². The number of ether oxygens (including phenoxy) is 1. The van der Waals surface area contributed by atoms with Crippen molar-refractivity contribution in [1.29, 1.82) is 5.26 Å². The quantitative estimate of drug-likeness (QED) is 0.864. The van der Waals surface area contributed by atoms with Gasteiger partial charge in [0.1, 0.15) is 6.07 Å². The second kappa shape index (κ2) is 6.39. The second-order valence-electron chi connectivity index (χ2n) is 4.17. The predicted octanol–water partition coefficient (Wildman–Crippen LogP) is 2.96. The number of hydrogen-bond acceptors (Lipinski definition) is 4. The molecule has 0 fully saturated rings. The molecule has 0 heterocycles. The molecular weight excluding hydrogens is 252 g/mol. The van der Waals surface area contributed by atoms with Crippen LogP contribution in [0.3, 0.4) is 0 Å². The third kappa shape index (κ3) is 2.96. The van der Waals surface area contributed by atoms with Crippen LogP contribution in [0, 0.1) is 11.3 Å². The summed E-state index contributed by atoms with van der Waals surface area (Å²) in [5, 5.41) is 12.3. The van der Waals surface area contributed by atoms with Crippen LogP contribution in [0.2, 0.25) is 0 Å². The number of nitrogens with one attached hydrogen (secondary N) is 1. The van der Waals surface area contributed by atoms with Crippen LogP contribution in [-0.4, -0.2) is 13.1 Å². The van der Waals surface area contributed by atoms with Gasteiger partial charge in [0.05, 0.1) is 23.9 Å². The Balaban J connectivity index is 2.30. The van der Waals surface area contributed by atoms with Gasteiger partial charge < -0.3 is 10.1 Å². The Kier molecular flexibility index (Phi) is 4.35. The van der Waals surface area contributed by atoms with Crippen LogP contribution >= 0.6 is 0 Å². The molecule has 0 spiro atoms. The fraction of sp³-hybridized carbons (Fsp3) is 0.125. The number of methoxy groups -OCH3 is 1. The Morgan fingerprint density at radius 1 is 1.20 bits per heavy atom. The smallest absolute Gasteiger partial charge is 0.340 e. The van der Waals surface area contributed by atoms with Gasteiger partial charge in [0.15, 0.2) is 0 Å². The average molecular weight is 266 g/mol. The number of nitrogens with zero attached hydrogens (tertiary/aromatic N) is 1. The lowest BCUT2D eigenvalue weighted by molar-refractivity contribution is 0.0602. The highest BCUT2D eigenvalue weighted by atomic mass is 16.5. The maximum Gasteiger partial charge on any atom is 0.340 e. The minimum absolute atomic E-state index is 0.363. The Bertz CT molecular complexity index is 645. The molecular formula is C16H14N2O2. The lowest BCUT2D eigenvalue weighted by Crippen LogP contribution is -2.09. The summed E-state index contributed by atoms with van der Waals surface area (Å²) in [7, 11) is 1.32. The van der Waals surface area contributed by atoms with E-state index in [-0.39, 0.29) is 0 Å². The van der Waals surface area contributed by atoms with Gasteiger partial charge in [-0.25, -0.2) is 4.79 Å². The summed E-state index contributed by atoms with van der Waals surface area (Å²) in [5.74, 6) is -0.460. The van der Waals surface area contributed by atoms with Crippen LogP contribution in [0.15, 0.2) is 48.5 Å². The molecule has 4 heteroatoms. The van der Waals surface area contributed by atoms with Crippen molar-refractivity contribution in [2.75, 3.05) is 12.4 Å². The largest absolute Gasteiger partial charge is 0.465 e. The first-order valence-corrected chi connectivity index (χ1v) is 6.15. The predicted molar refractivity (Wildman–Crippen MR) is 76.3 cm³/mol. The summed E-state index contributed by atoms with van der Waals surface area (Å²) in [4.78, 5) is 11.7. The number of nitriles is 1. The molecule has 0 aromatic heterocycles. The van der Waals surface area contributed by atoms with Gasteiger partial charge >= 0.3 is 5.97 Å². The molecule has 20 heavy (non-hydrogen) atoms. The van der Waals surface area contributed by atoms with Crippen molar-refractivity contribution in [1.82, 2.24) is 0 Å². The number of carbonyl (C=O) groups excluding carboxylic acids is 1. The van der Waals surface area contributed by atoms with Gasteiger partial charge in [-0.1, -0.05) is 36.4 Å². The van der Waals surface area contributed by atoms with E-state index in [9.17, 15) is 4.79 Å². The van der Waals surface area contributed by atoms with E-state index < -0.39 is 5.97 Å². The van der Waals surface area contributed by atoms with Crippen LogP contribution in [0.5, 0.6) is 0 Å². The highest BCUT2D eigenvalue weighted by Crippen LogP contribution is 2.22. The molecule has 0 amide bonds. The molecule has 100 valence electrons. The molecule has 4 nitrogen and oxygen atoms in total. The number of para-hydroxylation sites is 1. The highest BCUT2D eigenvalue weighted by molar-refractivity contribution is 5.97. The lowest BCUT2D eigenvalue weighted by atomic mass is 10.1. The van der Waals surface area contributed by atoms with Crippen LogP contribution in [0.1, 0.15) is 21.5 Å². The first kappa shape index (κ1) is 13.6. The summed E-state index contributed by atoms with van der Waals surface area (Å²) < 4.78 is 4.74. The molecule has 0 aliphatic heterocycles. The van der Waals surface area contributed by atoms with Crippen molar-refractivity contribution < 1.29 is 9.53 Å². The molecule has 0 unspecified atom stereocenters. The zero-order valence-corrected chi connectivity index (χ0v) is 11.1. The minimum atomic E-state index is -0.460. The fourth-order valence-electron chi connectivity index (χ4n) is 1.90. The number of esters is 1. The Morgan fingerprint density at radius 3 is 2.60 bits per heavy atom. The number of hydrogen-bond donors (Lipinski definition) is 1. The Hall–Kier alpha value is -2.80. The third-order valence-corrected chi connectivity index (χ3v) is 2.90. The first-order valence-electron chi connectivity index (χ1n) is 6.15. The lowest BCUT2D eigenvalue weighted by Gasteiger charge is -2.12. The van der Waals surface area contributed by atoms with E-state index in [1.807, 2.05) is 30.3 Å². The van der Waals surface area contributed by atoms with Crippen LogP contribution in [0.25, 0.3) is 0 Å². The average Bonchev–Trinajstić information content (AvgIpc) is 2.52. The van der Waals surface area contributed by atoms with E-state index in [0.717, 1.165) is 5.56 Å². The van der Waals surface area contributed by atoms with Crippen molar-refractivity contribution in [2.45, 2.75) is 6.54 Å². The highest BCUT2D eigenvalue weighted by Gasteiger charge is 2.14. The molecule has 0 radical (unpaired) electrons. The van der Waals surface area contributed by atoms with E-state index in [1.54, 1.807) is 18.2 Å². The minimum Gasteiger partial charge on any atom is -0.465 e. The van der Waals surface area contributed by atoms with Crippen molar-refractivity contribution in [2.24, 2.45) is 0 Å². The SMILES string of the molecule is COC(=O)c1cccc(C#N)c1NCc1ccccc1. The number of benzene rings is 2. The van der Waals surface area contributed by atoms with E-state index in [4.69, 9.17) is 10.00 Å². The third-order valence-electron chi connectivity index (χ3n) is 2.90. The van der Waals surface area contributed by atoms with Gasteiger partial charge in [-0.15, -0.1) is 0 Å². The maximum atomic E-state index is 11.7. The zero-order chi connectivity index (χ0) is 14.4. The van der Waals surface area contributed by atoms with Crippen LogP contribution in [0.4, 0.5) is 5.69 Å². The molecule has 0 aliphatic carbocycles. The maximum absolute atomic E-state index is 11.7. The molecule has 2 aromatic carbocycles. The topological polar surface area (TPSA) is 62.1 Å². The summed E-state index contributed by atoms with van der Waals surface area (Å²) >= 11 is 0. The summed E-state index contributed by atoms with van der Waals surface area (Å²) in [6.07, 6.45) is 0. The fourth-order valence-corrected chi connectivity index (χ4v) is 1.90. The first-order chi connectivity index (χ1) is 9.76. The molecule has 2 aromatic rings. The van der Waals surface area contributed by atoms with E-state index in [2.05, 4.69) is 11.4 Å². The zero-order valence-electron chi connectivity index (χ0n) is 11.1. The molecule has 0 saturated heterocycles. The summed E-state index contributed by atoms with van der Waals surface area (Å²) in [5.41, 5.74) is 2.35. The van der Waals surface area contributed by atoms with Gasteiger partial charge in [-0.05, 0) is 17.7 Å². The van der Waals surface area contributed by atoms with Gasteiger partial charge in [0.2, 0.25) is 0 Å². The second-order valence-corrected chi connectivity index (χ2v) is 4.17. The van der Waals surface area contributed by atoms with Gasteiger partial charge in [-0.2, -0.15) is 5.26 Å². The molecule has 0 atom stereocenters. The van der Waals surface area contributed by atoms with E-state index in [0.29, 0.717) is 23.4 Å². The van der Waals surface area contributed by atoms with Gasteiger partial charge in [0.25, 0.3) is 0 Å². The molecule has 2 rings (SSSR count). The Labute approximate surface area is 117 Å². The molecule has 0 aliphatic rings. The van der Waals surface area contributed by atoms with Gasteiger partial charge in [-0.3, -0.25) is 0 Å². The molecule has 1 N–H and O–H groups in total. The van der Waals surface area contributed by atoms with Crippen molar-refractivity contribution in [3.8, 4) is 6.07 Å². The van der Waals surface area contributed by atoms with Crippen molar-refractivity contribution in [3.63, 3.8) is 0 Å². The molecule has 0 bridgehead atoms. The summed E-state index contributed by atoms with van der Waals surface area (Å²) in [6.45, 7) is 0.531. The summed E-state index contributed by atoms with van der Waals surface area (Å²) in [6, 6.07) is 16.8. The number of anilines is 1. The monoisotopic (exact) mass is 266 g/mol. The number of carbonyl (C=O) groups is 1. The van der Waals surface area contributed by atoms with Crippen LogP contribution in [-0.2, 0) is 11.3 Å². The van der Waals surface area contributed by atoms with Crippen molar-refractivity contribution >= 4 is 11.7 Å². The van der Waals surface area contributed by atoms with Crippen molar-refractivity contribution in [3.05, 3.63) is 65.2 Å². The Morgan fingerprint density at radius 2 is 1.95 bits per heavy atom.